The van der Waals surface area contributed by atoms with Crippen molar-refractivity contribution in [2.75, 3.05) is 0 Å². The highest BCUT2D eigenvalue weighted by Gasteiger charge is 2.50. The highest BCUT2D eigenvalue weighted by molar-refractivity contribution is 5.66. The molecule has 3 atom stereocenters. The summed E-state index contributed by atoms with van der Waals surface area (Å²) in [7, 11) is 0. The van der Waals surface area contributed by atoms with Crippen LogP contribution in [-0.4, -0.2) is 5.11 Å². The quantitative estimate of drug-likeness (QED) is 0.377. The van der Waals surface area contributed by atoms with Crippen molar-refractivity contribution in [2.45, 2.75) is 38.3 Å². The molecule has 0 fully saturated rings. The number of aliphatic hydroxyl groups is 1. The average molecular weight is 383 g/mol. The number of benzene rings is 1. The molecule has 0 radical (unpaired) electrons. The van der Waals surface area contributed by atoms with Gasteiger partial charge in [-0.3, -0.25) is 0 Å². The van der Waals surface area contributed by atoms with Crippen molar-refractivity contribution in [1.29, 1.82) is 0 Å². The molecule has 0 amide bonds. The van der Waals surface area contributed by atoms with Gasteiger partial charge in [-0.1, -0.05) is 24.8 Å². The van der Waals surface area contributed by atoms with Gasteiger partial charge in [0.05, 0.1) is 16.9 Å². The van der Waals surface area contributed by atoms with E-state index in [-0.39, 0.29) is 18.0 Å². The highest BCUT2D eigenvalue weighted by Crippen LogP contribution is 2.47. The minimum absolute atomic E-state index is 0.144. The molecule has 4 heterocycles. The fraction of sp³-hybridized carbons (Fsp3) is 0.231. The maximum absolute atomic E-state index is 10.4. The standard InChI is InChI=1S/C26H25N2O/c1-4-22-26(20-10-6-5-9-19(20)23-11-7-8-14-27(22)23)25-15-21(18(3)29)24-13-12-17(2)16-28(24)25/h4-14,16,22,25-26H,1,15H2,2-3H3/q+1/p+1. The fourth-order valence-corrected chi connectivity index (χ4v) is 5.22. The van der Waals surface area contributed by atoms with Crippen LogP contribution in [0.15, 0.2) is 85.4 Å². The molecule has 3 unspecified atom stereocenters. The van der Waals surface area contributed by atoms with Crippen molar-refractivity contribution in [3.63, 3.8) is 0 Å². The Bertz CT molecular complexity index is 1160. The zero-order chi connectivity index (χ0) is 20.1. The minimum atomic E-state index is 0.144. The number of aliphatic hydroxyl groups excluding tert-OH is 1. The van der Waals surface area contributed by atoms with Gasteiger partial charge in [0.2, 0.25) is 11.4 Å². The summed E-state index contributed by atoms with van der Waals surface area (Å²) in [5.74, 6) is 0.642. The van der Waals surface area contributed by atoms with E-state index >= 15 is 0 Å². The Kier molecular flexibility index (Phi) is 4.13. The van der Waals surface area contributed by atoms with Crippen molar-refractivity contribution in [3.05, 3.63) is 102 Å². The topological polar surface area (TPSA) is 28.0 Å². The van der Waals surface area contributed by atoms with Gasteiger partial charge in [0.15, 0.2) is 24.5 Å². The van der Waals surface area contributed by atoms with Gasteiger partial charge in [-0.2, -0.15) is 9.13 Å². The molecule has 1 N–H and O–H groups in total. The van der Waals surface area contributed by atoms with Crippen molar-refractivity contribution < 1.29 is 14.2 Å². The van der Waals surface area contributed by atoms with Crippen molar-refractivity contribution in [2.24, 2.45) is 0 Å². The first-order valence-corrected chi connectivity index (χ1v) is 10.2. The second-order valence-corrected chi connectivity index (χ2v) is 8.17. The Morgan fingerprint density at radius 2 is 1.83 bits per heavy atom. The third kappa shape index (κ3) is 2.65. The highest BCUT2D eigenvalue weighted by atomic mass is 16.3. The number of hydrogen-bond acceptors (Lipinski definition) is 1. The molecule has 2 aliphatic rings. The predicted octanol–water partition coefficient (Wildman–Crippen LogP) is 5.00. The van der Waals surface area contributed by atoms with Crippen LogP contribution in [0.2, 0.25) is 0 Å². The molecule has 3 nitrogen and oxygen atoms in total. The zero-order valence-electron chi connectivity index (χ0n) is 16.9. The number of rotatable bonds is 2. The summed E-state index contributed by atoms with van der Waals surface area (Å²) in [5, 5.41) is 10.4. The van der Waals surface area contributed by atoms with Gasteiger partial charge in [-0.25, -0.2) is 0 Å². The summed E-state index contributed by atoms with van der Waals surface area (Å²) < 4.78 is 4.72. The van der Waals surface area contributed by atoms with E-state index in [1.807, 2.05) is 0 Å². The number of aryl methyl sites for hydroxylation is 1. The molecule has 0 saturated heterocycles. The number of allylic oxidation sites excluding steroid dienone is 3. The molecule has 0 aliphatic carbocycles. The normalized spacial score (nSPS) is 23.7. The summed E-state index contributed by atoms with van der Waals surface area (Å²) in [6.45, 7) is 8.14. The van der Waals surface area contributed by atoms with Crippen LogP contribution in [0, 0.1) is 6.92 Å². The SMILES string of the molecule is C=CC1C(C2C/C(=C(\C)O)c3ccc(C)c[n+]32)c2ccccc2-c2cccc[n+]21. The lowest BCUT2D eigenvalue weighted by Gasteiger charge is -2.30. The molecule has 3 heteroatoms. The number of fused-ring (bicyclic) bond motifs is 4. The molecular weight excluding hydrogens is 356 g/mol. The molecule has 2 aromatic heterocycles. The molecule has 144 valence electrons. The van der Waals surface area contributed by atoms with E-state index in [2.05, 4.69) is 95.7 Å². The minimum Gasteiger partial charge on any atom is -0.512 e. The summed E-state index contributed by atoms with van der Waals surface area (Å²) in [6, 6.07) is 19.7. The van der Waals surface area contributed by atoms with Crippen molar-refractivity contribution >= 4 is 5.57 Å². The Balaban J connectivity index is 1.76. The third-order valence-electron chi connectivity index (χ3n) is 6.47. The van der Waals surface area contributed by atoms with Crippen LogP contribution in [0.4, 0.5) is 0 Å². The Labute approximate surface area is 171 Å². The van der Waals surface area contributed by atoms with Crippen LogP contribution >= 0.6 is 0 Å². The maximum atomic E-state index is 10.4. The number of hydrogen-bond donors (Lipinski definition) is 1. The average Bonchev–Trinajstić information content (AvgIpc) is 3.11. The van der Waals surface area contributed by atoms with Gasteiger partial charge < -0.3 is 5.11 Å². The van der Waals surface area contributed by atoms with Crippen LogP contribution in [0.25, 0.3) is 16.8 Å². The van der Waals surface area contributed by atoms with Gasteiger partial charge in [0.25, 0.3) is 0 Å². The first kappa shape index (κ1) is 17.9. The summed E-state index contributed by atoms with van der Waals surface area (Å²) >= 11 is 0. The molecular formula is C26H26N2O+2. The molecule has 5 rings (SSSR count). The second kappa shape index (κ2) is 6.70. The number of pyridine rings is 2. The van der Waals surface area contributed by atoms with Crippen LogP contribution in [0.5, 0.6) is 0 Å². The van der Waals surface area contributed by atoms with Crippen molar-refractivity contribution in [1.82, 2.24) is 0 Å². The van der Waals surface area contributed by atoms with E-state index in [1.54, 1.807) is 6.92 Å². The third-order valence-corrected chi connectivity index (χ3v) is 6.47. The first-order valence-electron chi connectivity index (χ1n) is 10.2. The van der Waals surface area contributed by atoms with E-state index in [0.717, 1.165) is 17.7 Å². The summed E-state index contributed by atoms with van der Waals surface area (Å²) in [6.07, 6.45) is 7.28. The van der Waals surface area contributed by atoms with E-state index in [4.69, 9.17) is 0 Å². The lowest BCUT2D eigenvalue weighted by molar-refractivity contribution is -0.748. The van der Waals surface area contributed by atoms with Crippen LogP contribution in [0.3, 0.4) is 0 Å². The van der Waals surface area contributed by atoms with E-state index < -0.39 is 0 Å². The monoisotopic (exact) mass is 382 g/mol. The zero-order valence-corrected chi connectivity index (χ0v) is 16.9. The molecule has 29 heavy (non-hydrogen) atoms. The Morgan fingerprint density at radius 1 is 1.03 bits per heavy atom. The van der Waals surface area contributed by atoms with E-state index in [1.165, 1.54) is 22.4 Å². The number of nitrogens with zero attached hydrogens (tertiary/aromatic N) is 2. The summed E-state index contributed by atoms with van der Waals surface area (Å²) in [4.78, 5) is 0. The molecule has 0 bridgehead atoms. The van der Waals surface area contributed by atoms with Gasteiger partial charge in [-0.15, -0.1) is 0 Å². The van der Waals surface area contributed by atoms with Gasteiger partial charge >= 0.3 is 0 Å². The smallest absolute Gasteiger partial charge is 0.213 e. The van der Waals surface area contributed by atoms with Crippen molar-refractivity contribution in [3.8, 4) is 11.3 Å². The predicted molar refractivity (Wildman–Crippen MR) is 114 cm³/mol. The van der Waals surface area contributed by atoms with Gasteiger partial charge in [0.1, 0.15) is 5.92 Å². The molecule has 2 aliphatic heterocycles. The second-order valence-electron chi connectivity index (χ2n) is 8.17. The van der Waals surface area contributed by atoms with Crippen LogP contribution in [-0.2, 0) is 0 Å². The molecule has 1 aromatic carbocycles. The Morgan fingerprint density at radius 3 is 2.62 bits per heavy atom. The van der Waals surface area contributed by atoms with E-state index in [0.29, 0.717) is 5.76 Å². The largest absolute Gasteiger partial charge is 0.512 e. The van der Waals surface area contributed by atoms with Crippen LogP contribution in [0.1, 0.15) is 48.2 Å². The molecule has 3 aromatic rings. The maximum Gasteiger partial charge on any atom is 0.213 e. The Hall–Kier alpha value is -3.20. The van der Waals surface area contributed by atoms with Gasteiger partial charge in [-0.05, 0) is 43.7 Å². The molecule has 0 spiro atoms. The summed E-state index contributed by atoms with van der Waals surface area (Å²) in [5.41, 5.74) is 7.24. The lowest BCUT2D eigenvalue weighted by Crippen LogP contribution is -2.52. The van der Waals surface area contributed by atoms with E-state index in [9.17, 15) is 5.11 Å². The van der Waals surface area contributed by atoms with Crippen LogP contribution < -0.4 is 9.13 Å². The lowest BCUT2D eigenvalue weighted by atomic mass is 9.77. The first-order chi connectivity index (χ1) is 14.1. The number of aromatic nitrogens is 2. The fourth-order valence-electron chi connectivity index (χ4n) is 5.22. The van der Waals surface area contributed by atoms with Gasteiger partial charge in [0, 0.05) is 30.2 Å². The molecule has 0 saturated carbocycles.